The second-order valence-electron chi connectivity index (χ2n) is 4.22. The SMILES string of the molecule is Cc1ccncc1CNC(=O)c1cc(F)ccc1N. The summed E-state index contributed by atoms with van der Waals surface area (Å²) in [6.07, 6.45) is 3.37. The number of pyridine rings is 1. The van der Waals surface area contributed by atoms with Crippen molar-refractivity contribution >= 4 is 11.6 Å². The summed E-state index contributed by atoms with van der Waals surface area (Å²) in [6.45, 7) is 2.26. The number of amides is 1. The second-order valence-corrected chi connectivity index (χ2v) is 4.22. The van der Waals surface area contributed by atoms with E-state index in [0.717, 1.165) is 17.2 Å². The monoisotopic (exact) mass is 259 g/mol. The van der Waals surface area contributed by atoms with Gasteiger partial charge in [0.2, 0.25) is 0 Å². The van der Waals surface area contributed by atoms with Gasteiger partial charge >= 0.3 is 0 Å². The van der Waals surface area contributed by atoms with Crippen LogP contribution in [0.3, 0.4) is 0 Å². The molecule has 19 heavy (non-hydrogen) atoms. The molecule has 1 aromatic heterocycles. The number of nitrogens with one attached hydrogen (secondary N) is 1. The van der Waals surface area contributed by atoms with Crippen molar-refractivity contribution in [2.24, 2.45) is 0 Å². The molecule has 3 N–H and O–H groups in total. The zero-order valence-corrected chi connectivity index (χ0v) is 10.5. The van der Waals surface area contributed by atoms with Gasteiger partial charge in [0.25, 0.3) is 5.91 Å². The fourth-order valence-corrected chi connectivity index (χ4v) is 1.68. The number of nitrogens with two attached hydrogens (primary N) is 1. The van der Waals surface area contributed by atoms with Crippen molar-refractivity contribution in [1.29, 1.82) is 0 Å². The van der Waals surface area contributed by atoms with Crippen molar-refractivity contribution in [1.82, 2.24) is 10.3 Å². The molecule has 0 bridgehead atoms. The first kappa shape index (κ1) is 13.0. The van der Waals surface area contributed by atoms with E-state index in [1.165, 1.54) is 12.1 Å². The number of aryl methyl sites for hydroxylation is 1. The van der Waals surface area contributed by atoms with Crippen LogP contribution in [0.5, 0.6) is 0 Å². The van der Waals surface area contributed by atoms with Gasteiger partial charge < -0.3 is 11.1 Å². The number of benzene rings is 1. The van der Waals surface area contributed by atoms with Gasteiger partial charge in [-0.25, -0.2) is 4.39 Å². The predicted octanol–water partition coefficient (Wildman–Crippen LogP) is 2.04. The molecular formula is C14H14FN3O. The number of hydrogen-bond donors (Lipinski definition) is 2. The molecule has 2 rings (SSSR count). The normalized spacial score (nSPS) is 10.2. The lowest BCUT2D eigenvalue weighted by Crippen LogP contribution is -2.24. The van der Waals surface area contributed by atoms with E-state index in [1.54, 1.807) is 12.4 Å². The molecule has 2 aromatic rings. The van der Waals surface area contributed by atoms with Crippen molar-refractivity contribution in [3.8, 4) is 0 Å². The van der Waals surface area contributed by atoms with Crippen LogP contribution in [0.15, 0.2) is 36.7 Å². The molecule has 0 saturated heterocycles. The van der Waals surface area contributed by atoms with Gasteiger partial charge in [0.05, 0.1) is 5.56 Å². The summed E-state index contributed by atoms with van der Waals surface area (Å²) in [6, 6.07) is 5.58. The zero-order chi connectivity index (χ0) is 13.8. The minimum atomic E-state index is -0.489. The molecule has 5 heteroatoms. The van der Waals surface area contributed by atoms with Crippen LogP contribution in [0.2, 0.25) is 0 Å². The first-order valence-electron chi connectivity index (χ1n) is 5.80. The van der Waals surface area contributed by atoms with Crippen LogP contribution < -0.4 is 11.1 Å². The van der Waals surface area contributed by atoms with E-state index >= 15 is 0 Å². The molecule has 4 nitrogen and oxygen atoms in total. The lowest BCUT2D eigenvalue weighted by atomic mass is 10.1. The maximum absolute atomic E-state index is 13.1. The highest BCUT2D eigenvalue weighted by atomic mass is 19.1. The third-order valence-corrected chi connectivity index (χ3v) is 2.85. The standard InChI is InChI=1S/C14H14FN3O/c1-9-4-5-17-7-10(9)8-18-14(19)12-6-11(15)2-3-13(12)16/h2-7H,8,16H2,1H3,(H,18,19). The summed E-state index contributed by atoms with van der Waals surface area (Å²) >= 11 is 0. The van der Waals surface area contributed by atoms with Gasteiger partial charge in [0, 0.05) is 24.6 Å². The fourth-order valence-electron chi connectivity index (χ4n) is 1.68. The van der Waals surface area contributed by atoms with Crippen LogP contribution in [0, 0.1) is 12.7 Å². The number of anilines is 1. The molecule has 0 aliphatic carbocycles. The minimum Gasteiger partial charge on any atom is -0.398 e. The van der Waals surface area contributed by atoms with E-state index in [-0.39, 0.29) is 11.3 Å². The Hall–Kier alpha value is -2.43. The van der Waals surface area contributed by atoms with Crippen molar-refractivity contribution in [2.45, 2.75) is 13.5 Å². The molecule has 0 unspecified atom stereocenters. The summed E-state index contributed by atoms with van der Waals surface area (Å²) in [5.74, 6) is -0.892. The Balaban J connectivity index is 2.10. The molecule has 0 spiro atoms. The Labute approximate surface area is 110 Å². The Morgan fingerprint density at radius 1 is 1.42 bits per heavy atom. The largest absolute Gasteiger partial charge is 0.398 e. The summed E-state index contributed by atoms with van der Waals surface area (Å²) in [5.41, 5.74) is 7.98. The Morgan fingerprint density at radius 3 is 2.95 bits per heavy atom. The third-order valence-electron chi connectivity index (χ3n) is 2.85. The van der Waals surface area contributed by atoms with Crippen molar-refractivity contribution < 1.29 is 9.18 Å². The summed E-state index contributed by atoms with van der Waals surface area (Å²) in [5, 5.41) is 2.70. The molecule has 98 valence electrons. The highest BCUT2D eigenvalue weighted by molar-refractivity contribution is 5.99. The average Bonchev–Trinajstić information content (AvgIpc) is 2.40. The molecule has 0 saturated carbocycles. The van der Waals surface area contributed by atoms with Crippen LogP contribution in [-0.4, -0.2) is 10.9 Å². The third kappa shape index (κ3) is 3.07. The average molecular weight is 259 g/mol. The van der Waals surface area contributed by atoms with E-state index in [4.69, 9.17) is 5.73 Å². The maximum Gasteiger partial charge on any atom is 0.253 e. The van der Waals surface area contributed by atoms with Gasteiger partial charge in [0.1, 0.15) is 5.82 Å². The van der Waals surface area contributed by atoms with Crippen LogP contribution in [0.1, 0.15) is 21.5 Å². The van der Waals surface area contributed by atoms with E-state index < -0.39 is 11.7 Å². The molecule has 0 aliphatic heterocycles. The quantitative estimate of drug-likeness (QED) is 0.829. The van der Waals surface area contributed by atoms with E-state index in [2.05, 4.69) is 10.3 Å². The smallest absolute Gasteiger partial charge is 0.253 e. The number of carbonyl (C=O) groups is 1. The molecule has 0 radical (unpaired) electrons. The van der Waals surface area contributed by atoms with Crippen LogP contribution in [0.4, 0.5) is 10.1 Å². The number of hydrogen-bond acceptors (Lipinski definition) is 3. The lowest BCUT2D eigenvalue weighted by molar-refractivity contribution is 0.0951. The predicted molar refractivity (Wildman–Crippen MR) is 71.0 cm³/mol. The number of nitrogen functional groups attached to an aromatic ring is 1. The topological polar surface area (TPSA) is 68.0 Å². The van der Waals surface area contributed by atoms with Gasteiger partial charge in [0.15, 0.2) is 0 Å². The lowest BCUT2D eigenvalue weighted by Gasteiger charge is -2.09. The first-order chi connectivity index (χ1) is 9.08. The van der Waals surface area contributed by atoms with Crippen LogP contribution >= 0.6 is 0 Å². The molecule has 0 fully saturated rings. The molecule has 0 atom stereocenters. The number of nitrogens with zero attached hydrogens (tertiary/aromatic N) is 1. The molecule has 1 aromatic carbocycles. The number of aromatic nitrogens is 1. The van der Waals surface area contributed by atoms with Gasteiger partial charge in [-0.3, -0.25) is 9.78 Å². The fraction of sp³-hybridized carbons (Fsp3) is 0.143. The minimum absolute atomic E-state index is 0.140. The molecular weight excluding hydrogens is 245 g/mol. The Morgan fingerprint density at radius 2 is 2.21 bits per heavy atom. The summed E-state index contributed by atoms with van der Waals surface area (Å²) < 4.78 is 13.1. The first-order valence-corrected chi connectivity index (χ1v) is 5.80. The van der Waals surface area contributed by atoms with Gasteiger partial charge in [-0.15, -0.1) is 0 Å². The Bertz CT molecular complexity index is 613. The van der Waals surface area contributed by atoms with E-state index in [0.29, 0.717) is 6.54 Å². The number of halogens is 1. The van der Waals surface area contributed by atoms with Gasteiger partial charge in [-0.1, -0.05) is 0 Å². The number of rotatable bonds is 3. The maximum atomic E-state index is 13.1. The van der Waals surface area contributed by atoms with Gasteiger partial charge in [-0.05, 0) is 42.3 Å². The van der Waals surface area contributed by atoms with Crippen molar-refractivity contribution in [2.75, 3.05) is 5.73 Å². The highest BCUT2D eigenvalue weighted by Gasteiger charge is 2.11. The van der Waals surface area contributed by atoms with Crippen molar-refractivity contribution in [3.63, 3.8) is 0 Å². The summed E-state index contributed by atoms with van der Waals surface area (Å²) in [7, 11) is 0. The van der Waals surface area contributed by atoms with E-state index in [9.17, 15) is 9.18 Å². The summed E-state index contributed by atoms with van der Waals surface area (Å²) in [4.78, 5) is 15.9. The zero-order valence-electron chi connectivity index (χ0n) is 10.5. The Kier molecular flexibility index (Phi) is 3.75. The van der Waals surface area contributed by atoms with Gasteiger partial charge in [-0.2, -0.15) is 0 Å². The molecule has 1 amide bonds. The van der Waals surface area contributed by atoms with Crippen molar-refractivity contribution in [3.05, 3.63) is 59.2 Å². The highest BCUT2D eigenvalue weighted by Crippen LogP contribution is 2.13. The second kappa shape index (κ2) is 5.48. The van der Waals surface area contributed by atoms with E-state index in [1.807, 2.05) is 13.0 Å². The molecule has 0 aliphatic rings. The van der Waals surface area contributed by atoms with Crippen LogP contribution in [0.25, 0.3) is 0 Å². The number of carbonyl (C=O) groups excluding carboxylic acids is 1. The van der Waals surface area contributed by atoms with Crippen LogP contribution in [-0.2, 0) is 6.54 Å². The molecule has 1 heterocycles.